The van der Waals surface area contributed by atoms with Crippen LogP contribution in [0.2, 0.25) is 0 Å². The average molecular weight is 348 g/mol. The molecule has 0 bridgehead atoms. The van der Waals surface area contributed by atoms with Gasteiger partial charge in [-0.25, -0.2) is 4.39 Å². The first-order chi connectivity index (χ1) is 11.2. The summed E-state index contributed by atoms with van der Waals surface area (Å²) in [6.07, 6.45) is 3.89. The van der Waals surface area contributed by atoms with Crippen molar-refractivity contribution in [1.82, 2.24) is 9.78 Å². The summed E-state index contributed by atoms with van der Waals surface area (Å²) in [6, 6.07) is 4.00. The van der Waals surface area contributed by atoms with Gasteiger partial charge in [0.2, 0.25) is 0 Å². The monoisotopic (exact) mass is 348 g/mol. The normalized spacial score (nSPS) is 19.9. The molecule has 0 aliphatic carbocycles. The number of thiophene rings is 1. The SMILES string of the molecule is Cn1cc(CC=C(F)B2OC(C)(C)C(C)(C)O2)c(-c2cccs2)n1. The summed E-state index contributed by atoms with van der Waals surface area (Å²) in [7, 11) is 0.923. The van der Waals surface area contributed by atoms with Crippen molar-refractivity contribution in [2.45, 2.75) is 45.3 Å². The Morgan fingerprint density at radius 3 is 2.58 bits per heavy atom. The molecule has 0 aromatic carbocycles. The standard InChI is InChI=1S/C17H22BFN2O2S/c1-16(2)17(3,4)23-18(22-16)14(19)9-8-12-11-21(5)20-15(12)13-7-6-10-24-13/h6-7,9-11H,8H2,1-5H3. The summed E-state index contributed by atoms with van der Waals surface area (Å²) in [6.45, 7) is 7.65. The lowest BCUT2D eigenvalue weighted by Crippen LogP contribution is -2.41. The van der Waals surface area contributed by atoms with E-state index in [-0.39, 0.29) is 0 Å². The number of hydrogen-bond acceptors (Lipinski definition) is 4. The molecule has 0 N–H and O–H groups in total. The Kier molecular flexibility index (Phi) is 4.44. The summed E-state index contributed by atoms with van der Waals surface area (Å²) in [4.78, 5) is 1.08. The van der Waals surface area contributed by atoms with Gasteiger partial charge in [-0.3, -0.25) is 4.68 Å². The smallest absolute Gasteiger partial charge is 0.398 e. The lowest BCUT2D eigenvalue weighted by atomic mass is 9.87. The summed E-state index contributed by atoms with van der Waals surface area (Å²) in [5.41, 5.74) is 0.394. The van der Waals surface area contributed by atoms with E-state index in [2.05, 4.69) is 5.10 Å². The number of rotatable bonds is 4. The molecule has 3 rings (SSSR count). The Morgan fingerprint density at radius 2 is 2.00 bits per heavy atom. The van der Waals surface area contributed by atoms with Gasteiger partial charge in [0.15, 0.2) is 0 Å². The van der Waals surface area contributed by atoms with E-state index in [1.807, 2.05) is 58.5 Å². The molecule has 3 heterocycles. The van der Waals surface area contributed by atoms with Gasteiger partial charge in [-0.15, -0.1) is 11.3 Å². The van der Waals surface area contributed by atoms with Crippen LogP contribution >= 0.6 is 11.3 Å². The Balaban J connectivity index is 1.77. The second kappa shape index (κ2) is 6.13. The molecule has 0 unspecified atom stereocenters. The van der Waals surface area contributed by atoms with E-state index >= 15 is 0 Å². The van der Waals surface area contributed by atoms with Crippen LogP contribution in [0.4, 0.5) is 4.39 Å². The molecule has 128 valence electrons. The first-order valence-electron chi connectivity index (χ1n) is 7.97. The Labute approximate surface area is 146 Å². The number of nitrogens with zero attached hydrogens (tertiary/aromatic N) is 2. The van der Waals surface area contributed by atoms with E-state index in [1.165, 1.54) is 6.08 Å². The van der Waals surface area contributed by atoms with E-state index in [9.17, 15) is 4.39 Å². The predicted octanol–water partition coefficient (Wildman–Crippen LogP) is 4.18. The third-order valence-corrected chi connectivity index (χ3v) is 5.53. The van der Waals surface area contributed by atoms with E-state index < -0.39 is 24.0 Å². The summed E-state index contributed by atoms with van der Waals surface area (Å²) in [5, 5.41) is 6.50. The van der Waals surface area contributed by atoms with Gasteiger partial charge >= 0.3 is 7.12 Å². The van der Waals surface area contributed by atoms with Crippen molar-refractivity contribution in [3.8, 4) is 10.6 Å². The lowest BCUT2D eigenvalue weighted by Gasteiger charge is -2.32. The van der Waals surface area contributed by atoms with Gasteiger partial charge in [0.1, 0.15) is 11.4 Å². The summed E-state index contributed by atoms with van der Waals surface area (Å²) < 4.78 is 27.8. The second-order valence-electron chi connectivity index (χ2n) is 7.04. The number of halogens is 1. The molecule has 0 spiro atoms. The fraction of sp³-hybridized carbons (Fsp3) is 0.471. The van der Waals surface area contributed by atoms with Crippen molar-refractivity contribution in [1.29, 1.82) is 0 Å². The molecule has 1 saturated heterocycles. The van der Waals surface area contributed by atoms with Crippen LogP contribution in [0.3, 0.4) is 0 Å². The first kappa shape index (κ1) is 17.4. The van der Waals surface area contributed by atoms with Gasteiger partial charge in [0, 0.05) is 18.8 Å². The third-order valence-electron chi connectivity index (χ3n) is 4.65. The van der Waals surface area contributed by atoms with Crippen LogP contribution in [0.1, 0.15) is 33.3 Å². The first-order valence-corrected chi connectivity index (χ1v) is 8.85. The van der Waals surface area contributed by atoms with E-state index in [4.69, 9.17) is 9.31 Å². The molecule has 1 aliphatic rings. The maximum Gasteiger partial charge on any atom is 0.524 e. The average Bonchev–Trinajstić information content (AvgIpc) is 3.16. The molecular formula is C17H22BFN2O2S. The number of aromatic nitrogens is 2. The zero-order valence-corrected chi connectivity index (χ0v) is 15.5. The maximum atomic E-state index is 14.5. The molecule has 4 nitrogen and oxygen atoms in total. The van der Waals surface area contributed by atoms with Crippen molar-refractivity contribution in [2.24, 2.45) is 7.05 Å². The van der Waals surface area contributed by atoms with Crippen LogP contribution in [-0.4, -0.2) is 28.1 Å². The zero-order chi connectivity index (χ0) is 17.5. The predicted molar refractivity (Wildman–Crippen MR) is 95.5 cm³/mol. The molecular weight excluding hydrogens is 326 g/mol. The van der Waals surface area contributed by atoms with Gasteiger partial charge in [-0.1, -0.05) is 12.1 Å². The molecule has 0 amide bonds. The second-order valence-corrected chi connectivity index (χ2v) is 7.98. The quantitative estimate of drug-likeness (QED) is 0.778. The molecule has 7 heteroatoms. The molecule has 0 radical (unpaired) electrons. The Morgan fingerprint density at radius 1 is 1.33 bits per heavy atom. The lowest BCUT2D eigenvalue weighted by molar-refractivity contribution is 0.00578. The summed E-state index contributed by atoms with van der Waals surface area (Å²) in [5.74, 6) is 0. The molecule has 2 aromatic heterocycles. The van der Waals surface area contributed by atoms with Crippen LogP contribution in [0, 0.1) is 0 Å². The minimum Gasteiger partial charge on any atom is -0.398 e. The van der Waals surface area contributed by atoms with Gasteiger partial charge in [-0.2, -0.15) is 5.10 Å². The number of hydrogen-bond donors (Lipinski definition) is 0. The largest absolute Gasteiger partial charge is 0.524 e. The summed E-state index contributed by atoms with van der Waals surface area (Å²) >= 11 is 1.62. The van der Waals surface area contributed by atoms with Gasteiger partial charge in [0.25, 0.3) is 0 Å². The van der Waals surface area contributed by atoms with Crippen LogP contribution in [0.15, 0.2) is 35.5 Å². The molecule has 1 fully saturated rings. The van der Waals surface area contributed by atoms with Crippen LogP contribution in [0.5, 0.6) is 0 Å². The molecule has 2 aromatic rings. The van der Waals surface area contributed by atoms with Crippen LogP contribution in [0.25, 0.3) is 10.6 Å². The van der Waals surface area contributed by atoms with Crippen molar-refractivity contribution >= 4 is 18.5 Å². The van der Waals surface area contributed by atoms with Crippen molar-refractivity contribution in [3.63, 3.8) is 0 Å². The third kappa shape index (κ3) is 3.20. The van der Waals surface area contributed by atoms with E-state index in [0.29, 0.717) is 6.42 Å². The minimum absolute atomic E-state index is 0.394. The highest BCUT2D eigenvalue weighted by Crippen LogP contribution is 2.38. The highest BCUT2D eigenvalue weighted by atomic mass is 32.1. The van der Waals surface area contributed by atoms with Crippen molar-refractivity contribution in [3.05, 3.63) is 41.1 Å². The van der Waals surface area contributed by atoms with E-state index in [0.717, 1.165) is 16.1 Å². The van der Waals surface area contributed by atoms with Gasteiger partial charge in [0.05, 0.1) is 16.1 Å². The minimum atomic E-state index is -0.947. The van der Waals surface area contributed by atoms with Crippen LogP contribution in [-0.2, 0) is 22.8 Å². The molecule has 0 saturated carbocycles. The maximum absolute atomic E-state index is 14.5. The molecule has 0 atom stereocenters. The molecule has 24 heavy (non-hydrogen) atoms. The van der Waals surface area contributed by atoms with Crippen molar-refractivity contribution in [2.75, 3.05) is 0 Å². The topological polar surface area (TPSA) is 36.3 Å². The highest BCUT2D eigenvalue weighted by Gasteiger charge is 2.52. The van der Waals surface area contributed by atoms with Crippen molar-refractivity contribution < 1.29 is 13.7 Å². The fourth-order valence-corrected chi connectivity index (χ4v) is 3.31. The number of aryl methyl sites for hydroxylation is 1. The Bertz CT molecular complexity index is 737. The fourth-order valence-electron chi connectivity index (χ4n) is 2.57. The molecule has 1 aliphatic heterocycles. The van der Waals surface area contributed by atoms with Gasteiger partial charge < -0.3 is 9.31 Å². The van der Waals surface area contributed by atoms with E-state index in [1.54, 1.807) is 16.0 Å². The van der Waals surface area contributed by atoms with Gasteiger partial charge in [-0.05, 0) is 45.6 Å². The van der Waals surface area contributed by atoms with Crippen LogP contribution < -0.4 is 0 Å². The Hall–Kier alpha value is -1.44. The number of allylic oxidation sites excluding steroid dienone is 1. The zero-order valence-electron chi connectivity index (χ0n) is 14.7. The highest BCUT2D eigenvalue weighted by molar-refractivity contribution is 7.13.